The first-order valence-electron chi connectivity index (χ1n) is 5.79. The summed E-state index contributed by atoms with van der Waals surface area (Å²) in [5.74, 6) is 0.656. The fraction of sp³-hybridized carbons (Fsp3) is 0.231. The molecule has 1 aromatic carbocycles. The van der Waals surface area contributed by atoms with E-state index >= 15 is 0 Å². The molecule has 0 saturated carbocycles. The Balaban J connectivity index is 2.25. The minimum absolute atomic E-state index is 0.215. The van der Waals surface area contributed by atoms with Gasteiger partial charge in [-0.25, -0.2) is 4.98 Å². The van der Waals surface area contributed by atoms with Gasteiger partial charge in [0.1, 0.15) is 5.82 Å². The zero-order valence-electron chi connectivity index (χ0n) is 10.5. The average molecular weight is 280 g/mol. The van der Waals surface area contributed by atoms with Crippen molar-refractivity contribution >= 4 is 5.69 Å². The Labute approximate surface area is 113 Å². The third-order valence-electron chi connectivity index (χ3n) is 2.76. The fourth-order valence-corrected chi connectivity index (χ4v) is 1.81. The van der Waals surface area contributed by atoms with Gasteiger partial charge in [-0.05, 0) is 25.1 Å². The van der Waals surface area contributed by atoms with Crippen LogP contribution in [0.3, 0.4) is 0 Å². The molecule has 1 unspecified atom stereocenters. The van der Waals surface area contributed by atoms with Crippen LogP contribution >= 0.6 is 0 Å². The van der Waals surface area contributed by atoms with Crippen molar-refractivity contribution in [1.82, 2.24) is 9.97 Å². The van der Waals surface area contributed by atoms with E-state index in [0.717, 1.165) is 6.07 Å². The molecule has 0 aliphatic carbocycles. The third kappa shape index (κ3) is 2.91. The summed E-state index contributed by atoms with van der Waals surface area (Å²) in [6, 6.07) is 4.73. The summed E-state index contributed by atoms with van der Waals surface area (Å²) >= 11 is 0. The summed E-state index contributed by atoms with van der Waals surface area (Å²) in [7, 11) is 0. The van der Waals surface area contributed by atoms with E-state index in [-0.39, 0.29) is 6.04 Å². The van der Waals surface area contributed by atoms with Crippen LogP contribution in [0.2, 0.25) is 0 Å². The molecule has 2 rings (SSSR count). The molecule has 7 heteroatoms. The molecule has 0 bridgehead atoms. The Kier molecular flexibility index (Phi) is 3.66. The number of hydrogen-bond acceptors (Lipinski definition) is 3. The number of hydrogen-bond donors (Lipinski definition) is 2. The number of H-pyrrole nitrogens is 1. The van der Waals surface area contributed by atoms with Gasteiger partial charge in [-0.1, -0.05) is 0 Å². The van der Waals surface area contributed by atoms with E-state index in [4.69, 9.17) is 5.26 Å². The molecule has 0 saturated heterocycles. The molecule has 0 aliphatic heterocycles. The van der Waals surface area contributed by atoms with E-state index in [2.05, 4.69) is 15.3 Å². The Morgan fingerprint density at radius 2 is 2.15 bits per heavy atom. The minimum Gasteiger partial charge on any atom is -0.375 e. The molecular formula is C13H11F3N4. The van der Waals surface area contributed by atoms with E-state index in [1.807, 2.05) is 6.92 Å². The van der Waals surface area contributed by atoms with Crippen molar-refractivity contribution in [2.24, 2.45) is 0 Å². The first-order valence-corrected chi connectivity index (χ1v) is 5.79. The van der Waals surface area contributed by atoms with Crippen molar-refractivity contribution in [3.63, 3.8) is 0 Å². The van der Waals surface area contributed by atoms with Gasteiger partial charge < -0.3 is 10.3 Å². The zero-order chi connectivity index (χ0) is 14.8. The number of nitrogens with one attached hydrogen (secondary N) is 2. The number of aromatic nitrogens is 2. The third-order valence-corrected chi connectivity index (χ3v) is 2.76. The van der Waals surface area contributed by atoms with E-state index in [1.54, 1.807) is 18.5 Å². The van der Waals surface area contributed by atoms with Crippen LogP contribution in [0, 0.1) is 11.3 Å². The van der Waals surface area contributed by atoms with Gasteiger partial charge in [-0.2, -0.15) is 18.4 Å². The second-order valence-corrected chi connectivity index (χ2v) is 4.21. The highest BCUT2D eigenvalue weighted by Crippen LogP contribution is 2.33. The maximum atomic E-state index is 12.7. The van der Waals surface area contributed by atoms with Gasteiger partial charge in [-0.15, -0.1) is 0 Å². The lowest BCUT2D eigenvalue weighted by Gasteiger charge is -2.15. The van der Waals surface area contributed by atoms with Crippen LogP contribution in [0.5, 0.6) is 0 Å². The number of nitrogens with zero attached hydrogens (tertiary/aromatic N) is 2. The van der Waals surface area contributed by atoms with E-state index < -0.39 is 17.3 Å². The number of alkyl halides is 3. The lowest BCUT2D eigenvalue weighted by Crippen LogP contribution is -2.11. The molecule has 2 aromatic rings. The van der Waals surface area contributed by atoms with Crippen LogP contribution in [-0.4, -0.2) is 9.97 Å². The summed E-state index contributed by atoms with van der Waals surface area (Å²) < 4.78 is 38.0. The number of benzene rings is 1. The van der Waals surface area contributed by atoms with Gasteiger partial charge in [0.25, 0.3) is 0 Å². The van der Waals surface area contributed by atoms with E-state index in [9.17, 15) is 13.2 Å². The standard InChI is InChI=1S/C13H11F3N4/c1-8(12-18-4-5-19-12)20-10-2-3-11(13(14,15)16)9(6-10)7-17/h2-6,8,20H,1H3,(H,18,19). The van der Waals surface area contributed by atoms with Gasteiger partial charge in [0.2, 0.25) is 0 Å². The fourth-order valence-electron chi connectivity index (χ4n) is 1.81. The number of rotatable bonds is 3. The maximum Gasteiger partial charge on any atom is 0.417 e. The molecule has 20 heavy (non-hydrogen) atoms. The topological polar surface area (TPSA) is 64.5 Å². The van der Waals surface area contributed by atoms with Crippen molar-refractivity contribution in [3.8, 4) is 6.07 Å². The van der Waals surface area contributed by atoms with Crippen molar-refractivity contribution in [2.75, 3.05) is 5.32 Å². The summed E-state index contributed by atoms with van der Waals surface area (Å²) in [5.41, 5.74) is -0.913. The summed E-state index contributed by atoms with van der Waals surface area (Å²) in [4.78, 5) is 6.95. The number of imidazole rings is 1. The highest BCUT2D eigenvalue weighted by atomic mass is 19.4. The lowest BCUT2D eigenvalue weighted by molar-refractivity contribution is -0.137. The SMILES string of the molecule is CC(Nc1ccc(C(F)(F)F)c(C#N)c1)c1ncc[nH]1. The maximum absolute atomic E-state index is 12.7. The van der Waals surface area contributed by atoms with Gasteiger partial charge in [0.15, 0.2) is 0 Å². The summed E-state index contributed by atoms with van der Waals surface area (Å²) in [6.45, 7) is 1.81. The van der Waals surface area contributed by atoms with Crippen LogP contribution < -0.4 is 5.32 Å². The average Bonchev–Trinajstić information content (AvgIpc) is 2.91. The molecule has 0 fully saturated rings. The largest absolute Gasteiger partial charge is 0.417 e. The quantitative estimate of drug-likeness (QED) is 0.904. The molecule has 0 spiro atoms. The molecular weight excluding hydrogens is 269 g/mol. The highest BCUT2D eigenvalue weighted by molar-refractivity contribution is 5.54. The van der Waals surface area contributed by atoms with Crippen LogP contribution in [0.15, 0.2) is 30.6 Å². The summed E-state index contributed by atoms with van der Waals surface area (Å²) in [5, 5.41) is 11.8. The van der Waals surface area contributed by atoms with Crippen LogP contribution in [0.4, 0.5) is 18.9 Å². The monoisotopic (exact) mass is 280 g/mol. The number of anilines is 1. The first kappa shape index (κ1) is 13.9. The van der Waals surface area contributed by atoms with Gasteiger partial charge in [0.05, 0.1) is 23.2 Å². The smallest absolute Gasteiger partial charge is 0.375 e. The zero-order valence-corrected chi connectivity index (χ0v) is 10.5. The Morgan fingerprint density at radius 1 is 1.40 bits per heavy atom. The first-order chi connectivity index (χ1) is 9.41. The van der Waals surface area contributed by atoms with Crippen LogP contribution in [0.25, 0.3) is 0 Å². The minimum atomic E-state index is -4.53. The molecule has 0 radical (unpaired) electrons. The molecule has 0 aliphatic rings. The Bertz CT molecular complexity index is 626. The van der Waals surface area contributed by atoms with Crippen molar-refractivity contribution < 1.29 is 13.2 Å². The van der Waals surface area contributed by atoms with Crippen molar-refractivity contribution in [1.29, 1.82) is 5.26 Å². The van der Waals surface area contributed by atoms with Gasteiger partial charge in [-0.3, -0.25) is 0 Å². The van der Waals surface area contributed by atoms with Crippen molar-refractivity contribution in [3.05, 3.63) is 47.5 Å². The summed E-state index contributed by atoms with van der Waals surface area (Å²) in [6.07, 6.45) is -1.29. The second kappa shape index (κ2) is 5.25. The van der Waals surface area contributed by atoms with Crippen LogP contribution in [0.1, 0.15) is 29.9 Å². The van der Waals surface area contributed by atoms with Gasteiger partial charge in [0, 0.05) is 18.1 Å². The van der Waals surface area contributed by atoms with Gasteiger partial charge >= 0.3 is 6.18 Å². The lowest BCUT2D eigenvalue weighted by atomic mass is 10.1. The predicted octanol–water partition coefficient (Wildman–Crippen LogP) is 3.47. The second-order valence-electron chi connectivity index (χ2n) is 4.21. The normalized spacial score (nSPS) is 12.8. The number of nitriles is 1. The molecule has 1 aromatic heterocycles. The molecule has 1 atom stereocenters. The molecule has 0 amide bonds. The van der Waals surface area contributed by atoms with Crippen LogP contribution in [-0.2, 0) is 6.18 Å². The number of halogens is 3. The predicted molar refractivity (Wildman–Crippen MR) is 66.8 cm³/mol. The Hall–Kier alpha value is -2.49. The van der Waals surface area contributed by atoms with Crippen molar-refractivity contribution in [2.45, 2.75) is 19.1 Å². The molecule has 2 N–H and O–H groups in total. The van der Waals surface area contributed by atoms with E-state index in [0.29, 0.717) is 11.5 Å². The Morgan fingerprint density at radius 3 is 2.70 bits per heavy atom. The molecule has 104 valence electrons. The molecule has 1 heterocycles. The van der Waals surface area contributed by atoms with E-state index in [1.165, 1.54) is 12.1 Å². The highest BCUT2D eigenvalue weighted by Gasteiger charge is 2.33. The number of aromatic amines is 1. The molecule has 4 nitrogen and oxygen atoms in total.